The summed E-state index contributed by atoms with van der Waals surface area (Å²) < 4.78 is 14.5. The van der Waals surface area contributed by atoms with Gasteiger partial charge >= 0.3 is 0 Å². The number of rotatable bonds is 1. The molecular formula is C16H13BrINO2. The Hall–Kier alpha value is -1.08. The van der Waals surface area contributed by atoms with Crippen LogP contribution in [-0.4, -0.2) is 24.1 Å². The Balaban J connectivity index is 0.00000132. The Bertz CT molecular complexity index is 730. The molecule has 0 amide bonds. The van der Waals surface area contributed by atoms with Crippen LogP contribution in [0.2, 0.25) is 0 Å². The second-order valence-electron chi connectivity index (χ2n) is 4.96. The maximum atomic E-state index is 5.46. The van der Waals surface area contributed by atoms with Crippen molar-refractivity contribution < 1.29 is 31.0 Å². The van der Waals surface area contributed by atoms with E-state index in [0.29, 0.717) is 6.79 Å². The zero-order valence-electron chi connectivity index (χ0n) is 11.2. The Morgan fingerprint density at radius 3 is 2.67 bits per heavy atom. The number of hydrogen-bond acceptors (Lipinski definition) is 2. The van der Waals surface area contributed by atoms with Crippen molar-refractivity contribution in [3.8, 4) is 11.5 Å². The lowest BCUT2D eigenvalue weighted by Gasteiger charge is -2.13. The summed E-state index contributed by atoms with van der Waals surface area (Å²) in [7, 11) is 0. The second kappa shape index (κ2) is 5.96. The number of nitrogens with zero attached hydrogens (tertiary/aromatic N) is 1. The summed E-state index contributed by atoms with van der Waals surface area (Å²) in [6.07, 6.45) is 3.22. The lowest BCUT2D eigenvalue weighted by Crippen LogP contribution is -3.00. The van der Waals surface area contributed by atoms with E-state index in [-0.39, 0.29) is 17.0 Å². The molecule has 0 unspecified atom stereocenters. The number of fused-ring (bicyclic) bond motifs is 2. The minimum atomic E-state index is 0. The van der Waals surface area contributed by atoms with Crippen LogP contribution in [0.3, 0.4) is 0 Å². The largest absolute Gasteiger partial charge is 1.00 e. The summed E-state index contributed by atoms with van der Waals surface area (Å²) in [5, 5.41) is 0. The highest BCUT2D eigenvalue weighted by molar-refractivity contribution is 14.1. The number of hydrogen-bond donors (Lipinski definition) is 0. The molecule has 108 valence electrons. The van der Waals surface area contributed by atoms with Gasteiger partial charge in [0.25, 0.3) is 0 Å². The Morgan fingerprint density at radius 2 is 1.86 bits per heavy atom. The molecule has 21 heavy (non-hydrogen) atoms. The maximum absolute atomic E-state index is 5.46. The van der Waals surface area contributed by atoms with E-state index in [1.54, 1.807) is 0 Å². The van der Waals surface area contributed by atoms with E-state index in [1.165, 1.54) is 20.4 Å². The van der Waals surface area contributed by atoms with Crippen LogP contribution in [-0.2, 0) is 6.42 Å². The molecule has 0 saturated heterocycles. The van der Waals surface area contributed by atoms with Crippen LogP contribution < -0.4 is 26.5 Å². The topological polar surface area (TPSA) is 21.5 Å². The van der Waals surface area contributed by atoms with Crippen molar-refractivity contribution in [1.82, 2.24) is 0 Å². The molecule has 0 aromatic heterocycles. The number of ether oxygens (including phenoxy) is 2. The van der Waals surface area contributed by atoms with Crippen LogP contribution in [0.4, 0.5) is 5.69 Å². The molecule has 0 N–H and O–H groups in total. The molecule has 3 nitrogen and oxygen atoms in total. The summed E-state index contributed by atoms with van der Waals surface area (Å²) in [6.45, 7) is 1.32. The van der Waals surface area contributed by atoms with Crippen molar-refractivity contribution in [3.63, 3.8) is 0 Å². The van der Waals surface area contributed by atoms with Gasteiger partial charge < -0.3 is 26.5 Å². The van der Waals surface area contributed by atoms with Gasteiger partial charge in [0.2, 0.25) is 12.5 Å². The minimum Gasteiger partial charge on any atom is -1.00 e. The number of halogens is 2. The first-order valence-electron chi connectivity index (χ1n) is 6.59. The fourth-order valence-corrected chi connectivity index (χ4v) is 3.19. The van der Waals surface area contributed by atoms with Crippen molar-refractivity contribution in [2.45, 2.75) is 6.42 Å². The molecule has 0 spiro atoms. The lowest BCUT2D eigenvalue weighted by atomic mass is 10.0. The van der Waals surface area contributed by atoms with E-state index in [2.05, 4.69) is 69.8 Å². The lowest BCUT2D eigenvalue weighted by molar-refractivity contribution is -0.436. The van der Waals surface area contributed by atoms with Crippen LogP contribution in [0.25, 0.3) is 0 Å². The van der Waals surface area contributed by atoms with E-state index >= 15 is 0 Å². The Kier molecular flexibility index (Phi) is 4.21. The van der Waals surface area contributed by atoms with Gasteiger partial charge in [-0.05, 0) is 46.4 Å². The molecule has 0 bridgehead atoms. The van der Waals surface area contributed by atoms with Gasteiger partial charge in [0.05, 0.1) is 0 Å². The molecule has 0 fully saturated rings. The average Bonchev–Trinajstić information content (AvgIpc) is 2.91. The third-order valence-electron chi connectivity index (χ3n) is 3.69. The molecule has 2 heterocycles. The summed E-state index contributed by atoms with van der Waals surface area (Å²) in [4.78, 5) is 0. The highest BCUT2D eigenvalue weighted by atomic mass is 127. The number of benzene rings is 2. The Labute approximate surface area is 147 Å². The first-order valence-corrected chi connectivity index (χ1v) is 7.67. The fourth-order valence-electron chi connectivity index (χ4n) is 2.67. The third kappa shape index (κ3) is 2.81. The molecule has 2 aliphatic heterocycles. The highest BCUT2D eigenvalue weighted by Crippen LogP contribution is 2.35. The van der Waals surface area contributed by atoms with Gasteiger partial charge in [-0.15, -0.1) is 0 Å². The SMILES string of the molecule is Ic1cccc([N+]2=Cc3cc4c(cc3CC2)OCO4)c1.[Br-]. The van der Waals surface area contributed by atoms with Gasteiger partial charge in [-0.3, -0.25) is 0 Å². The van der Waals surface area contributed by atoms with Gasteiger partial charge in [0, 0.05) is 27.7 Å². The predicted octanol–water partition coefficient (Wildman–Crippen LogP) is 0.343. The van der Waals surface area contributed by atoms with Gasteiger partial charge in [0.1, 0.15) is 0 Å². The standard InChI is InChI=1S/C16H13INO2.BrH/c17-13-2-1-3-14(8-13)18-5-4-11-6-15-16(20-10-19-15)7-12(11)9-18;/h1-3,6-9H,4-5,10H2;1H/q+1;/p-1. The molecule has 4 rings (SSSR count). The fraction of sp³-hybridized carbons (Fsp3) is 0.188. The zero-order valence-corrected chi connectivity index (χ0v) is 14.9. The molecule has 0 aliphatic carbocycles. The van der Waals surface area contributed by atoms with Crippen LogP contribution in [0, 0.1) is 3.57 Å². The molecule has 2 aromatic carbocycles. The smallest absolute Gasteiger partial charge is 0.231 e. The summed E-state index contributed by atoms with van der Waals surface area (Å²) in [5.41, 5.74) is 3.79. The van der Waals surface area contributed by atoms with E-state index in [1.807, 2.05) is 0 Å². The van der Waals surface area contributed by atoms with Crippen molar-refractivity contribution in [2.75, 3.05) is 13.3 Å². The van der Waals surface area contributed by atoms with Crippen molar-refractivity contribution in [1.29, 1.82) is 0 Å². The van der Waals surface area contributed by atoms with Crippen LogP contribution in [0.1, 0.15) is 11.1 Å². The van der Waals surface area contributed by atoms with Gasteiger partial charge in [-0.1, -0.05) is 6.07 Å². The van der Waals surface area contributed by atoms with E-state index in [4.69, 9.17) is 9.47 Å². The predicted molar refractivity (Wildman–Crippen MR) is 85.4 cm³/mol. The molecule has 0 radical (unpaired) electrons. The van der Waals surface area contributed by atoms with Crippen molar-refractivity contribution in [3.05, 3.63) is 51.1 Å². The van der Waals surface area contributed by atoms with E-state index < -0.39 is 0 Å². The summed E-state index contributed by atoms with van der Waals surface area (Å²) in [6, 6.07) is 12.8. The molecule has 0 saturated carbocycles. The van der Waals surface area contributed by atoms with E-state index in [9.17, 15) is 0 Å². The van der Waals surface area contributed by atoms with Gasteiger partial charge in [-0.25, -0.2) is 0 Å². The minimum absolute atomic E-state index is 0. The molecular weight excluding hydrogens is 445 g/mol. The van der Waals surface area contributed by atoms with Crippen molar-refractivity contribution in [2.24, 2.45) is 0 Å². The summed E-state index contributed by atoms with van der Waals surface area (Å²) in [5.74, 6) is 1.73. The normalized spacial score (nSPS) is 15.0. The highest BCUT2D eigenvalue weighted by Gasteiger charge is 2.23. The Morgan fingerprint density at radius 1 is 1.05 bits per heavy atom. The zero-order chi connectivity index (χ0) is 13.5. The van der Waals surface area contributed by atoms with Crippen LogP contribution in [0.5, 0.6) is 11.5 Å². The van der Waals surface area contributed by atoms with Crippen LogP contribution >= 0.6 is 22.6 Å². The van der Waals surface area contributed by atoms with Crippen LogP contribution in [0.15, 0.2) is 36.4 Å². The van der Waals surface area contributed by atoms with Crippen molar-refractivity contribution >= 4 is 34.5 Å². The third-order valence-corrected chi connectivity index (χ3v) is 4.36. The first-order chi connectivity index (χ1) is 9.79. The maximum Gasteiger partial charge on any atom is 0.231 e. The monoisotopic (exact) mass is 457 g/mol. The molecule has 5 heteroatoms. The van der Waals surface area contributed by atoms with E-state index in [0.717, 1.165) is 24.5 Å². The van der Waals surface area contributed by atoms with Gasteiger partial charge in [-0.2, -0.15) is 4.58 Å². The summed E-state index contributed by atoms with van der Waals surface area (Å²) >= 11 is 2.35. The second-order valence-corrected chi connectivity index (χ2v) is 6.20. The molecule has 2 aliphatic rings. The molecule has 2 aromatic rings. The molecule has 0 atom stereocenters. The first kappa shape index (κ1) is 14.8. The quantitative estimate of drug-likeness (QED) is 0.455. The average molecular weight is 458 g/mol. The van der Waals surface area contributed by atoms with Gasteiger partial charge in [0.15, 0.2) is 24.3 Å².